The van der Waals surface area contributed by atoms with Crippen LogP contribution < -0.4 is 10.5 Å². The lowest BCUT2D eigenvalue weighted by atomic mass is 9.47. The van der Waals surface area contributed by atoms with E-state index in [-0.39, 0.29) is 12.2 Å². The van der Waals surface area contributed by atoms with Crippen LogP contribution >= 0.6 is 15.9 Å². The third-order valence-corrected chi connectivity index (χ3v) is 2.94. The summed E-state index contributed by atoms with van der Waals surface area (Å²) >= 11 is 3.16. The molecule has 1 unspecified atom stereocenters. The number of hydrogen-bond acceptors (Lipinski definition) is 2. The van der Waals surface area contributed by atoms with E-state index in [9.17, 15) is 4.39 Å². The lowest BCUT2D eigenvalue weighted by molar-refractivity contribution is 0.244. The van der Waals surface area contributed by atoms with E-state index in [1.165, 1.54) is 6.07 Å². The van der Waals surface area contributed by atoms with Crippen LogP contribution in [0, 0.1) is 5.82 Å². The van der Waals surface area contributed by atoms with E-state index in [1.807, 2.05) is 0 Å². The van der Waals surface area contributed by atoms with Crippen molar-refractivity contribution in [3.8, 4) is 5.75 Å². The van der Waals surface area contributed by atoms with E-state index in [1.54, 1.807) is 6.07 Å². The molecule has 0 amide bonds. The van der Waals surface area contributed by atoms with Crippen molar-refractivity contribution in [2.75, 3.05) is 6.61 Å². The van der Waals surface area contributed by atoms with Gasteiger partial charge in [-0.3, -0.25) is 0 Å². The molecule has 0 saturated carbocycles. The van der Waals surface area contributed by atoms with Crippen LogP contribution in [0.3, 0.4) is 0 Å². The molecular weight excluding hydrogens is 259 g/mol. The Balaban J connectivity index is 2.64. The van der Waals surface area contributed by atoms with E-state index < -0.39 is 17.1 Å². The maximum absolute atomic E-state index is 13.7. The van der Waals surface area contributed by atoms with Gasteiger partial charge in [0.2, 0.25) is 0 Å². The van der Waals surface area contributed by atoms with Gasteiger partial charge in [0.15, 0.2) is 0 Å². The molecule has 0 fully saturated rings. The van der Waals surface area contributed by atoms with Gasteiger partial charge in [-0.2, -0.15) is 0 Å². The van der Waals surface area contributed by atoms with Gasteiger partial charge in [-0.15, -0.1) is 0 Å². The summed E-state index contributed by atoms with van der Waals surface area (Å²) in [5.74, 6) is -0.173. The van der Waals surface area contributed by atoms with Gasteiger partial charge in [0, 0.05) is 16.1 Å². The molecule has 2 nitrogen and oxygen atoms in total. The van der Waals surface area contributed by atoms with Crippen molar-refractivity contribution in [3.05, 3.63) is 28.0 Å². The van der Waals surface area contributed by atoms with Crippen molar-refractivity contribution in [3.63, 3.8) is 0 Å². The monoisotopic (exact) mass is 265 g/mol. The molecule has 1 aliphatic heterocycles. The smallest absolute Gasteiger partial charge is 0.130 e. The Hall–Kier alpha value is -0.480. The molecule has 1 heterocycles. The Labute approximate surface area is 98.3 Å². The molecule has 15 heavy (non-hydrogen) atoms. The first-order chi connectivity index (χ1) is 6.93. The number of rotatable bonds is 0. The molecule has 0 aliphatic carbocycles. The summed E-state index contributed by atoms with van der Waals surface area (Å²) in [6.45, 7) is 0.176. The molecule has 2 rings (SSSR count). The Morgan fingerprint density at radius 2 is 2.20 bits per heavy atom. The lowest BCUT2D eigenvalue weighted by Gasteiger charge is -2.39. The van der Waals surface area contributed by atoms with Crippen molar-refractivity contribution in [2.24, 2.45) is 5.73 Å². The first-order valence-electron chi connectivity index (χ1n) is 4.38. The largest absolute Gasteiger partial charge is 0.492 e. The predicted molar refractivity (Wildman–Crippen MR) is 60.8 cm³/mol. The van der Waals surface area contributed by atoms with Gasteiger partial charge in [-0.1, -0.05) is 21.1 Å². The van der Waals surface area contributed by atoms with E-state index in [0.29, 0.717) is 10.2 Å². The zero-order valence-corrected chi connectivity index (χ0v) is 9.42. The molecule has 74 valence electrons. The summed E-state index contributed by atoms with van der Waals surface area (Å²) in [6, 6.07) is 2.29. The quantitative estimate of drug-likeness (QED) is 0.704. The fraction of sp³-hybridized carbons (Fsp3) is 0.333. The number of nitrogens with two attached hydrogens (primary N) is 1. The van der Waals surface area contributed by atoms with Crippen LogP contribution in [0.1, 0.15) is 5.56 Å². The van der Waals surface area contributed by atoms with Crippen LogP contribution in [-0.4, -0.2) is 28.3 Å². The highest BCUT2D eigenvalue weighted by molar-refractivity contribution is 9.10. The highest BCUT2D eigenvalue weighted by atomic mass is 79.9. The second kappa shape index (κ2) is 3.52. The van der Waals surface area contributed by atoms with Crippen molar-refractivity contribution in [1.82, 2.24) is 0 Å². The second-order valence-electron chi connectivity index (χ2n) is 3.61. The Bertz CT molecular complexity index is 413. The van der Waals surface area contributed by atoms with Gasteiger partial charge in [0.25, 0.3) is 0 Å². The maximum Gasteiger partial charge on any atom is 0.130 e. The van der Waals surface area contributed by atoms with E-state index in [0.717, 1.165) is 0 Å². The second-order valence-corrected chi connectivity index (χ2v) is 4.53. The third kappa shape index (κ3) is 1.70. The maximum atomic E-state index is 13.7. The molecule has 2 N–H and O–H groups in total. The van der Waals surface area contributed by atoms with Crippen molar-refractivity contribution < 1.29 is 9.13 Å². The highest BCUT2D eigenvalue weighted by Crippen LogP contribution is 2.37. The summed E-state index contributed by atoms with van der Waals surface area (Å²) in [6.07, 6.45) is 0. The summed E-state index contributed by atoms with van der Waals surface area (Å²) in [5.41, 5.74) is 5.81. The lowest BCUT2D eigenvalue weighted by Crippen LogP contribution is -2.53. The van der Waals surface area contributed by atoms with Gasteiger partial charge in [0.1, 0.15) is 18.2 Å². The highest BCUT2D eigenvalue weighted by Gasteiger charge is 2.37. The van der Waals surface area contributed by atoms with Gasteiger partial charge >= 0.3 is 0 Å². The minimum atomic E-state index is -1.39. The number of benzene rings is 1. The van der Waals surface area contributed by atoms with Crippen LogP contribution in [0.15, 0.2) is 16.6 Å². The van der Waals surface area contributed by atoms with Gasteiger partial charge in [0.05, 0.1) is 15.7 Å². The van der Waals surface area contributed by atoms with Crippen molar-refractivity contribution in [2.45, 2.75) is 11.3 Å². The Morgan fingerprint density at radius 1 is 1.53 bits per heavy atom. The van der Waals surface area contributed by atoms with Gasteiger partial charge in [-0.05, 0) is 12.1 Å². The standard InChI is InChI=1S/C9H7B2BrFNO/c10-9(11)7(14)3-15-6-2-4(12)1-5(13)8(6)9/h1-2,7H,3,14H2. The number of hydrogen-bond donors (Lipinski definition) is 1. The predicted octanol–water partition coefficient (Wildman–Crippen LogP) is 0.798. The first kappa shape index (κ1) is 11.0. The van der Waals surface area contributed by atoms with E-state index in [2.05, 4.69) is 15.9 Å². The number of ether oxygens (including phenoxy) is 1. The zero-order chi connectivity index (χ0) is 11.2. The summed E-state index contributed by atoms with van der Waals surface area (Å²) in [5, 5.41) is -1.39. The first-order valence-corrected chi connectivity index (χ1v) is 5.18. The molecule has 1 atom stereocenters. The normalized spacial score (nSPS) is 23.0. The molecular formula is C9H7B2BrFNO. The van der Waals surface area contributed by atoms with Gasteiger partial charge in [-0.25, -0.2) is 4.39 Å². The van der Waals surface area contributed by atoms with E-state index in [4.69, 9.17) is 26.2 Å². The summed E-state index contributed by atoms with van der Waals surface area (Å²) in [4.78, 5) is 0. The number of halogens is 2. The van der Waals surface area contributed by atoms with Crippen LogP contribution in [0.25, 0.3) is 0 Å². The molecule has 4 radical (unpaired) electrons. The molecule has 1 aliphatic rings. The summed E-state index contributed by atoms with van der Waals surface area (Å²) in [7, 11) is 11.6. The molecule has 1 aromatic carbocycles. The molecule has 6 heteroatoms. The Morgan fingerprint density at radius 3 is 2.87 bits per heavy atom. The van der Waals surface area contributed by atoms with E-state index >= 15 is 0 Å². The van der Waals surface area contributed by atoms with Crippen LogP contribution in [0.4, 0.5) is 4.39 Å². The minimum absolute atomic E-state index is 0.129. The SMILES string of the molecule is [B]C1([B])c2c(F)cc(Br)cc2OCC1N. The summed E-state index contributed by atoms with van der Waals surface area (Å²) < 4.78 is 19.5. The molecule has 0 aromatic heterocycles. The molecule has 1 aromatic rings. The average Bonchev–Trinajstić information content (AvgIpc) is 2.10. The molecule has 0 spiro atoms. The topological polar surface area (TPSA) is 35.2 Å². The van der Waals surface area contributed by atoms with Crippen molar-refractivity contribution >= 4 is 31.6 Å². The van der Waals surface area contributed by atoms with Gasteiger partial charge < -0.3 is 10.5 Å². The molecule has 0 saturated heterocycles. The van der Waals surface area contributed by atoms with Crippen molar-refractivity contribution in [1.29, 1.82) is 0 Å². The zero-order valence-electron chi connectivity index (χ0n) is 7.84. The van der Waals surface area contributed by atoms with Crippen LogP contribution in [0.2, 0.25) is 0 Å². The average molecular weight is 266 g/mol. The van der Waals surface area contributed by atoms with Crippen LogP contribution in [-0.2, 0) is 5.21 Å². The third-order valence-electron chi connectivity index (χ3n) is 2.48. The molecule has 0 bridgehead atoms. The Kier molecular flexibility index (Phi) is 2.59. The number of fused-ring (bicyclic) bond motifs is 1. The fourth-order valence-corrected chi connectivity index (χ4v) is 2.00. The fourth-order valence-electron chi connectivity index (χ4n) is 1.59. The minimum Gasteiger partial charge on any atom is -0.492 e. The van der Waals surface area contributed by atoms with Crippen LogP contribution in [0.5, 0.6) is 5.75 Å².